The highest BCUT2D eigenvalue weighted by atomic mass is 16.6. The van der Waals surface area contributed by atoms with Gasteiger partial charge >= 0.3 is 6.09 Å². The Balaban J connectivity index is 2.47. The van der Waals surface area contributed by atoms with Gasteiger partial charge in [-0.05, 0) is 12.8 Å². The van der Waals surface area contributed by atoms with Crippen molar-refractivity contribution in [3.05, 3.63) is 0 Å². The molecule has 1 N–H and O–H groups in total. The van der Waals surface area contributed by atoms with Crippen molar-refractivity contribution >= 4 is 6.09 Å². The van der Waals surface area contributed by atoms with Gasteiger partial charge in [0.2, 0.25) is 0 Å². The largest absolute Gasteiger partial charge is 0.449 e. The molecule has 0 saturated carbocycles. The van der Waals surface area contributed by atoms with Gasteiger partial charge in [-0.2, -0.15) is 0 Å². The van der Waals surface area contributed by atoms with E-state index >= 15 is 0 Å². The molecule has 0 bridgehead atoms. The number of unbranched alkanes of at least 4 members (excludes halogenated alkanes) is 1. The third-order valence-corrected chi connectivity index (χ3v) is 2.57. The minimum atomic E-state index is -0.219. The topological polar surface area (TPSA) is 49.8 Å². The lowest BCUT2D eigenvalue weighted by molar-refractivity contribution is 0.0362. The lowest BCUT2D eigenvalue weighted by atomic mass is 10.1. The number of carbonyl (C=O) groups excluding carboxylic acids is 1. The summed E-state index contributed by atoms with van der Waals surface area (Å²) in [5.41, 5.74) is 0. The Morgan fingerprint density at radius 1 is 1.64 bits per heavy atom. The first-order valence-electron chi connectivity index (χ1n) is 5.33. The minimum absolute atomic E-state index is 0.139. The fraction of sp³-hybridized carbons (Fsp3) is 0.900. The summed E-state index contributed by atoms with van der Waals surface area (Å²) in [7, 11) is 0. The third-order valence-electron chi connectivity index (χ3n) is 2.57. The van der Waals surface area contributed by atoms with Crippen LogP contribution in [0.2, 0.25) is 0 Å². The second-order valence-corrected chi connectivity index (χ2v) is 3.62. The van der Waals surface area contributed by atoms with Crippen LogP contribution in [0.25, 0.3) is 0 Å². The molecule has 1 rings (SSSR count). The van der Waals surface area contributed by atoms with Gasteiger partial charge in [0.25, 0.3) is 0 Å². The molecule has 0 spiro atoms. The van der Waals surface area contributed by atoms with Crippen molar-refractivity contribution in [2.75, 3.05) is 19.8 Å². The Bertz CT molecular complexity index is 182. The fourth-order valence-corrected chi connectivity index (χ4v) is 1.72. The Morgan fingerprint density at radius 3 is 3.07 bits per heavy atom. The molecule has 0 aromatic carbocycles. The Labute approximate surface area is 84.8 Å². The maximum atomic E-state index is 11.4. The van der Waals surface area contributed by atoms with Crippen LogP contribution in [0.15, 0.2) is 0 Å². The van der Waals surface area contributed by atoms with Gasteiger partial charge in [-0.15, -0.1) is 0 Å². The number of hydrogen-bond donors (Lipinski definition) is 1. The summed E-state index contributed by atoms with van der Waals surface area (Å²) in [6, 6.07) is 0.174. The maximum Gasteiger partial charge on any atom is 0.410 e. The molecule has 1 aliphatic rings. The number of hydrogen-bond acceptors (Lipinski definition) is 3. The standard InChI is InChI=1S/C10H19NO3/c1-2-3-6-11-9(4-7-12)5-8-14-10(11)13/h9,12H,2-8H2,1H3. The van der Waals surface area contributed by atoms with E-state index in [4.69, 9.17) is 9.84 Å². The summed E-state index contributed by atoms with van der Waals surface area (Å²) in [4.78, 5) is 13.2. The quantitative estimate of drug-likeness (QED) is 0.731. The molecular weight excluding hydrogens is 182 g/mol. The highest BCUT2D eigenvalue weighted by Crippen LogP contribution is 2.16. The van der Waals surface area contributed by atoms with Gasteiger partial charge < -0.3 is 14.7 Å². The molecule has 0 aromatic heterocycles. The number of aliphatic hydroxyl groups is 1. The minimum Gasteiger partial charge on any atom is -0.449 e. The number of ether oxygens (including phenoxy) is 1. The van der Waals surface area contributed by atoms with Crippen molar-refractivity contribution in [1.29, 1.82) is 0 Å². The molecule has 1 saturated heterocycles. The number of nitrogens with zero attached hydrogens (tertiary/aromatic N) is 1. The van der Waals surface area contributed by atoms with Crippen LogP contribution in [-0.4, -0.2) is 41.9 Å². The van der Waals surface area contributed by atoms with E-state index in [9.17, 15) is 4.79 Å². The van der Waals surface area contributed by atoms with Gasteiger partial charge in [-0.1, -0.05) is 13.3 Å². The van der Waals surface area contributed by atoms with E-state index in [0.29, 0.717) is 13.0 Å². The number of amides is 1. The summed E-state index contributed by atoms with van der Waals surface area (Å²) in [5.74, 6) is 0. The van der Waals surface area contributed by atoms with Gasteiger partial charge in [0.1, 0.15) is 0 Å². The zero-order chi connectivity index (χ0) is 10.4. The zero-order valence-electron chi connectivity index (χ0n) is 8.74. The summed E-state index contributed by atoms with van der Waals surface area (Å²) >= 11 is 0. The average Bonchev–Trinajstić information content (AvgIpc) is 2.18. The molecule has 1 unspecified atom stereocenters. The molecule has 1 atom stereocenters. The SMILES string of the molecule is CCCCN1C(=O)OCCC1CCO. The van der Waals surface area contributed by atoms with E-state index in [1.807, 2.05) is 0 Å². The van der Waals surface area contributed by atoms with E-state index in [1.165, 1.54) is 0 Å². The van der Waals surface area contributed by atoms with Crippen LogP contribution in [0.5, 0.6) is 0 Å². The van der Waals surface area contributed by atoms with Gasteiger partial charge in [0.05, 0.1) is 6.61 Å². The van der Waals surface area contributed by atoms with Crippen LogP contribution in [-0.2, 0) is 4.74 Å². The molecule has 1 fully saturated rings. The van der Waals surface area contributed by atoms with Crippen molar-refractivity contribution < 1.29 is 14.6 Å². The Hall–Kier alpha value is -0.770. The summed E-state index contributed by atoms with van der Waals surface area (Å²) in [6.45, 7) is 3.48. The van der Waals surface area contributed by atoms with Crippen molar-refractivity contribution in [3.8, 4) is 0 Å². The number of rotatable bonds is 5. The fourth-order valence-electron chi connectivity index (χ4n) is 1.72. The van der Waals surface area contributed by atoms with Crippen molar-refractivity contribution in [2.45, 2.75) is 38.6 Å². The van der Waals surface area contributed by atoms with Crippen LogP contribution in [0, 0.1) is 0 Å². The van der Waals surface area contributed by atoms with Gasteiger partial charge in [0.15, 0.2) is 0 Å². The van der Waals surface area contributed by atoms with E-state index in [1.54, 1.807) is 4.90 Å². The molecule has 1 amide bonds. The predicted octanol–water partition coefficient (Wildman–Crippen LogP) is 1.38. The van der Waals surface area contributed by atoms with Crippen molar-refractivity contribution in [2.24, 2.45) is 0 Å². The average molecular weight is 201 g/mol. The smallest absolute Gasteiger partial charge is 0.410 e. The molecule has 1 heterocycles. The molecule has 0 aliphatic carbocycles. The number of aliphatic hydroxyl groups excluding tert-OH is 1. The predicted molar refractivity (Wildman–Crippen MR) is 53.1 cm³/mol. The van der Waals surface area contributed by atoms with Gasteiger partial charge in [-0.25, -0.2) is 4.79 Å². The van der Waals surface area contributed by atoms with Crippen LogP contribution in [0.4, 0.5) is 4.79 Å². The van der Waals surface area contributed by atoms with Gasteiger partial charge in [-0.3, -0.25) is 0 Å². The number of cyclic esters (lactones) is 1. The molecule has 82 valence electrons. The van der Waals surface area contributed by atoms with E-state index in [0.717, 1.165) is 25.8 Å². The molecule has 14 heavy (non-hydrogen) atoms. The van der Waals surface area contributed by atoms with E-state index in [-0.39, 0.29) is 18.7 Å². The lowest BCUT2D eigenvalue weighted by Crippen LogP contribution is -2.46. The molecule has 0 radical (unpaired) electrons. The highest BCUT2D eigenvalue weighted by molar-refractivity contribution is 5.68. The van der Waals surface area contributed by atoms with Gasteiger partial charge in [0, 0.05) is 25.6 Å². The normalized spacial score (nSPS) is 22.3. The van der Waals surface area contributed by atoms with Crippen LogP contribution in [0.1, 0.15) is 32.6 Å². The maximum absolute atomic E-state index is 11.4. The van der Waals surface area contributed by atoms with Crippen LogP contribution >= 0.6 is 0 Å². The zero-order valence-corrected chi connectivity index (χ0v) is 8.74. The van der Waals surface area contributed by atoms with E-state index < -0.39 is 0 Å². The van der Waals surface area contributed by atoms with E-state index in [2.05, 4.69) is 6.92 Å². The Morgan fingerprint density at radius 2 is 2.43 bits per heavy atom. The van der Waals surface area contributed by atoms with Crippen LogP contribution < -0.4 is 0 Å². The van der Waals surface area contributed by atoms with Crippen molar-refractivity contribution in [3.63, 3.8) is 0 Å². The lowest BCUT2D eigenvalue weighted by Gasteiger charge is -2.34. The molecule has 0 aromatic rings. The Kier molecular flexibility index (Phi) is 4.73. The van der Waals surface area contributed by atoms with Crippen LogP contribution in [0.3, 0.4) is 0 Å². The molecule has 1 aliphatic heterocycles. The monoisotopic (exact) mass is 201 g/mol. The first kappa shape index (κ1) is 11.3. The summed E-state index contributed by atoms with van der Waals surface area (Å²) in [5, 5.41) is 8.87. The summed E-state index contributed by atoms with van der Waals surface area (Å²) in [6.07, 6.45) is 3.35. The van der Waals surface area contributed by atoms with Crippen molar-refractivity contribution in [1.82, 2.24) is 4.90 Å². The summed E-state index contributed by atoms with van der Waals surface area (Å²) < 4.78 is 4.97. The first-order chi connectivity index (χ1) is 6.79. The second-order valence-electron chi connectivity index (χ2n) is 3.62. The molecular formula is C10H19NO3. The number of carbonyl (C=O) groups is 1. The molecule has 4 nitrogen and oxygen atoms in total. The molecule has 4 heteroatoms. The third kappa shape index (κ3) is 2.87. The second kappa shape index (κ2) is 5.86. The first-order valence-corrected chi connectivity index (χ1v) is 5.33. The highest BCUT2D eigenvalue weighted by Gasteiger charge is 2.28.